The van der Waals surface area contributed by atoms with E-state index in [1.165, 1.54) is 0 Å². The van der Waals surface area contributed by atoms with E-state index in [0.29, 0.717) is 0 Å². The highest BCUT2D eigenvalue weighted by atomic mass is 32.2. The molecule has 0 bridgehead atoms. The lowest BCUT2D eigenvalue weighted by Crippen LogP contribution is -2.34. The van der Waals surface area contributed by atoms with Crippen LogP contribution in [0.4, 0.5) is 0 Å². The summed E-state index contributed by atoms with van der Waals surface area (Å²) in [6.45, 7) is 0. The quantitative estimate of drug-likeness (QED) is 0.373. The van der Waals surface area contributed by atoms with Crippen molar-refractivity contribution in [3.8, 4) is 0 Å². The van der Waals surface area contributed by atoms with Crippen LogP contribution >= 0.6 is 12.6 Å². The van der Waals surface area contributed by atoms with E-state index in [4.69, 9.17) is 10.3 Å². The minimum absolute atomic E-state index is 0.766. The predicted molar refractivity (Wildman–Crippen MR) is 38.4 cm³/mol. The van der Waals surface area contributed by atoms with Crippen molar-refractivity contribution >= 4 is 27.9 Å². The molecule has 0 radical (unpaired) electrons. The summed E-state index contributed by atoms with van der Waals surface area (Å²) in [4.78, 5) is 10.2. The number of rotatable bonds is 3. The second-order valence-corrected chi connectivity index (χ2v) is 3.63. The Hall–Kier alpha value is -0.110. The predicted octanol–water partition coefficient (Wildman–Crippen LogP) is -1.34. The number of hydrogen-bond donors (Lipinski definition) is 3. The van der Waals surface area contributed by atoms with E-state index in [9.17, 15) is 13.2 Å². The Bertz CT molecular complexity index is 221. The number of carbonyl (C=O) groups excluding carboxylic acids is 1. The van der Waals surface area contributed by atoms with Gasteiger partial charge >= 0.3 is 0 Å². The standard InChI is InChI=1S/C3H7NO4S2/c4-2(3(5)9)1-10(6,7)8/h2H,1,4H2,(H,5,9)(H,6,7,8)/t2-/m0/s1. The lowest BCUT2D eigenvalue weighted by molar-refractivity contribution is -0.111. The van der Waals surface area contributed by atoms with E-state index in [-0.39, 0.29) is 0 Å². The van der Waals surface area contributed by atoms with Gasteiger partial charge in [0.25, 0.3) is 10.1 Å². The van der Waals surface area contributed by atoms with Gasteiger partial charge in [0.1, 0.15) is 0 Å². The molecule has 60 valence electrons. The second kappa shape index (κ2) is 3.33. The first-order valence-electron chi connectivity index (χ1n) is 2.26. The minimum atomic E-state index is -4.16. The van der Waals surface area contributed by atoms with Crippen LogP contribution in [0.2, 0.25) is 0 Å². The third kappa shape index (κ3) is 4.74. The van der Waals surface area contributed by atoms with E-state index >= 15 is 0 Å². The van der Waals surface area contributed by atoms with Crippen molar-refractivity contribution in [2.45, 2.75) is 6.04 Å². The van der Waals surface area contributed by atoms with E-state index < -0.39 is 27.0 Å². The summed E-state index contributed by atoms with van der Waals surface area (Å²) in [5.41, 5.74) is 4.94. The Balaban J connectivity index is 4.06. The van der Waals surface area contributed by atoms with Crippen molar-refractivity contribution in [3.05, 3.63) is 0 Å². The average molecular weight is 185 g/mol. The molecule has 0 aliphatic heterocycles. The summed E-state index contributed by atoms with van der Waals surface area (Å²) in [5.74, 6) is -0.782. The number of thiol groups is 1. The molecule has 0 heterocycles. The molecule has 1 atom stereocenters. The zero-order valence-electron chi connectivity index (χ0n) is 4.89. The number of nitrogens with two attached hydrogens (primary N) is 1. The van der Waals surface area contributed by atoms with Crippen LogP contribution in [-0.2, 0) is 14.9 Å². The molecule has 0 aliphatic rings. The number of carbonyl (C=O) groups is 1. The third-order valence-corrected chi connectivity index (χ3v) is 1.82. The van der Waals surface area contributed by atoms with Gasteiger partial charge in [0.15, 0.2) is 0 Å². The molecule has 7 heteroatoms. The molecule has 0 fully saturated rings. The van der Waals surface area contributed by atoms with Gasteiger partial charge in [-0.25, -0.2) is 0 Å². The maximum Gasteiger partial charge on any atom is 0.266 e. The average Bonchev–Trinajstić information content (AvgIpc) is 1.60. The molecule has 0 saturated heterocycles. The van der Waals surface area contributed by atoms with Gasteiger partial charge < -0.3 is 5.73 Å². The van der Waals surface area contributed by atoms with E-state index in [1.807, 2.05) is 0 Å². The molecule has 0 rings (SSSR count). The van der Waals surface area contributed by atoms with Crippen LogP contribution in [0.15, 0.2) is 0 Å². The van der Waals surface area contributed by atoms with Crippen LogP contribution in [0, 0.1) is 0 Å². The van der Waals surface area contributed by atoms with Gasteiger partial charge in [0.05, 0.1) is 11.8 Å². The number of hydrogen-bond acceptors (Lipinski definition) is 4. The van der Waals surface area contributed by atoms with Crippen molar-refractivity contribution in [3.63, 3.8) is 0 Å². The summed E-state index contributed by atoms with van der Waals surface area (Å²) in [6.07, 6.45) is 0. The monoisotopic (exact) mass is 185 g/mol. The molecule has 0 aromatic rings. The normalized spacial score (nSPS) is 14.7. The molecular weight excluding hydrogens is 178 g/mol. The molecule has 5 nitrogen and oxygen atoms in total. The van der Waals surface area contributed by atoms with Gasteiger partial charge in [-0.05, 0) is 0 Å². The summed E-state index contributed by atoms with van der Waals surface area (Å²) >= 11 is 3.27. The van der Waals surface area contributed by atoms with Crippen molar-refractivity contribution in [1.82, 2.24) is 0 Å². The van der Waals surface area contributed by atoms with Gasteiger partial charge in [-0.2, -0.15) is 8.42 Å². The largest absolute Gasteiger partial charge is 0.320 e. The topological polar surface area (TPSA) is 97.5 Å². The van der Waals surface area contributed by atoms with Gasteiger partial charge in [0, 0.05) is 0 Å². The third-order valence-electron chi connectivity index (χ3n) is 0.707. The summed E-state index contributed by atoms with van der Waals surface area (Å²) in [5, 5.41) is -0.766. The lowest BCUT2D eigenvalue weighted by atomic mass is 10.4. The highest BCUT2D eigenvalue weighted by Crippen LogP contribution is 1.91. The van der Waals surface area contributed by atoms with Crippen LogP contribution < -0.4 is 5.73 Å². The van der Waals surface area contributed by atoms with Crippen molar-refractivity contribution in [2.75, 3.05) is 5.75 Å². The van der Waals surface area contributed by atoms with E-state index in [2.05, 4.69) is 12.6 Å². The molecule has 3 N–H and O–H groups in total. The zero-order chi connectivity index (χ0) is 8.36. The van der Waals surface area contributed by atoms with Crippen molar-refractivity contribution in [1.29, 1.82) is 0 Å². The molecule has 0 aliphatic carbocycles. The van der Waals surface area contributed by atoms with Crippen molar-refractivity contribution < 1.29 is 17.8 Å². The smallest absolute Gasteiger partial charge is 0.266 e. The Labute approximate surface area is 63.8 Å². The van der Waals surface area contributed by atoms with E-state index in [1.54, 1.807) is 0 Å². The Morgan fingerprint density at radius 3 is 2.20 bits per heavy atom. The summed E-state index contributed by atoms with van der Waals surface area (Å²) in [7, 11) is -4.16. The molecule has 0 spiro atoms. The van der Waals surface area contributed by atoms with E-state index in [0.717, 1.165) is 0 Å². The zero-order valence-corrected chi connectivity index (χ0v) is 6.60. The lowest BCUT2D eigenvalue weighted by Gasteiger charge is -2.01. The van der Waals surface area contributed by atoms with Gasteiger partial charge in [-0.1, -0.05) is 0 Å². The van der Waals surface area contributed by atoms with Gasteiger partial charge in [-0.15, -0.1) is 12.6 Å². The fourth-order valence-corrected chi connectivity index (χ4v) is 1.12. The van der Waals surface area contributed by atoms with Gasteiger partial charge in [0.2, 0.25) is 5.12 Å². The molecule has 0 amide bonds. The van der Waals surface area contributed by atoms with Crippen molar-refractivity contribution in [2.24, 2.45) is 5.73 Å². The maximum atomic E-state index is 10.2. The molecule has 0 aromatic heterocycles. The highest BCUT2D eigenvalue weighted by Gasteiger charge is 2.16. The maximum absolute atomic E-state index is 10.2. The Morgan fingerprint density at radius 2 is 2.10 bits per heavy atom. The minimum Gasteiger partial charge on any atom is -0.320 e. The molecule has 0 aromatic carbocycles. The SMILES string of the molecule is N[C@@H](CS(=O)(=O)O)C(=O)S. The molecule has 10 heavy (non-hydrogen) atoms. The van der Waals surface area contributed by atoms with Crippen LogP contribution in [0.25, 0.3) is 0 Å². The Morgan fingerprint density at radius 1 is 1.70 bits per heavy atom. The first-order valence-corrected chi connectivity index (χ1v) is 4.32. The fourth-order valence-electron chi connectivity index (χ4n) is 0.298. The first-order chi connectivity index (χ1) is 4.33. The fraction of sp³-hybridized carbons (Fsp3) is 0.667. The first kappa shape index (κ1) is 9.89. The van der Waals surface area contributed by atoms with Crippen LogP contribution in [0.3, 0.4) is 0 Å². The van der Waals surface area contributed by atoms with Crippen LogP contribution in [0.5, 0.6) is 0 Å². The van der Waals surface area contributed by atoms with Gasteiger partial charge in [-0.3, -0.25) is 9.35 Å². The van der Waals surface area contributed by atoms with Crippen LogP contribution in [-0.4, -0.2) is 29.9 Å². The molecule has 0 unspecified atom stereocenters. The summed E-state index contributed by atoms with van der Waals surface area (Å²) < 4.78 is 28.2. The van der Waals surface area contributed by atoms with Crippen LogP contribution in [0.1, 0.15) is 0 Å². The highest BCUT2D eigenvalue weighted by molar-refractivity contribution is 7.97. The second-order valence-electron chi connectivity index (χ2n) is 1.69. The molecule has 0 saturated carbocycles. The molecular formula is C3H7NO4S2. The summed E-state index contributed by atoms with van der Waals surface area (Å²) in [6, 6.07) is -1.25. The Kier molecular flexibility index (Phi) is 3.29.